The number of Topliss-reactive ketones (excluding diaryl/α,β-unsaturated/α-hetero) is 1. The quantitative estimate of drug-likeness (QED) is 0.515. The Labute approximate surface area is 84.8 Å². The second kappa shape index (κ2) is 4.58. The molecule has 3 nitrogen and oxygen atoms in total. The molecule has 3 heteroatoms. The van der Waals surface area contributed by atoms with Crippen molar-refractivity contribution in [1.29, 1.82) is 0 Å². The average Bonchev–Trinajstić information content (AvgIpc) is 2.18. The molecule has 0 aromatic heterocycles. The van der Waals surface area contributed by atoms with Crippen molar-refractivity contribution in [3.8, 4) is 0 Å². The lowest BCUT2D eigenvalue weighted by Crippen LogP contribution is -2.32. The van der Waals surface area contributed by atoms with Crippen molar-refractivity contribution in [3.05, 3.63) is 0 Å². The van der Waals surface area contributed by atoms with E-state index in [0.717, 1.165) is 25.7 Å². The summed E-state index contributed by atoms with van der Waals surface area (Å²) in [6, 6.07) is 0. The fourth-order valence-electron chi connectivity index (χ4n) is 2.03. The van der Waals surface area contributed by atoms with Gasteiger partial charge in [0.15, 0.2) is 0 Å². The molecule has 1 rings (SSSR count). The van der Waals surface area contributed by atoms with Gasteiger partial charge in [-0.1, -0.05) is 26.2 Å². The molecule has 1 aliphatic rings. The zero-order valence-corrected chi connectivity index (χ0v) is 8.97. The molecule has 0 aromatic carbocycles. The number of hydrogen-bond acceptors (Lipinski definition) is 3. The highest BCUT2D eigenvalue weighted by molar-refractivity contribution is 5.98. The zero-order chi connectivity index (χ0) is 10.6. The SMILES string of the molecule is COC(=O)CC(=O)C1(C)CCCCC1. The fourth-order valence-corrected chi connectivity index (χ4v) is 2.03. The minimum Gasteiger partial charge on any atom is -0.469 e. The maximum absolute atomic E-state index is 11.8. The Morgan fingerprint density at radius 1 is 1.21 bits per heavy atom. The Hall–Kier alpha value is -0.860. The largest absolute Gasteiger partial charge is 0.469 e. The number of ether oxygens (including phenoxy) is 1. The van der Waals surface area contributed by atoms with E-state index in [4.69, 9.17) is 0 Å². The van der Waals surface area contributed by atoms with Crippen LogP contribution in [0.15, 0.2) is 0 Å². The van der Waals surface area contributed by atoms with Crippen LogP contribution in [0.25, 0.3) is 0 Å². The van der Waals surface area contributed by atoms with E-state index in [1.165, 1.54) is 13.5 Å². The van der Waals surface area contributed by atoms with E-state index in [1.807, 2.05) is 6.92 Å². The molecule has 0 amide bonds. The number of rotatable bonds is 3. The van der Waals surface area contributed by atoms with E-state index in [1.54, 1.807) is 0 Å². The van der Waals surface area contributed by atoms with Gasteiger partial charge in [-0.25, -0.2) is 0 Å². The van der Waals surface area contributed by atoms with Crippen LogP contribution in [0.2, 0.25) is 0 Å². The van der Waals surface area contributed by atoms with E-state index < -0.39 is 5.97 Å². The summed E-state index contributed by atoms with van der Waals surface area (Å²) < 4.78 is 4.50. The van der Waals surface area contributed by atoms with E-state index in [2.05, 4.69) is 4.74 Å². The van der Waals surface area contributed by atoms with Crippen LogP contribution in [0.1, 0.15) is 45.4 Å². The van der Waals surface area contributed by atoms with Crippen molar-refractivity contribution in [2.24, 2.45) is 5.41 Å². The topological polar surface area (TPSA) is 43.4 Å². The van der Waals surface area contributed by atoms with Crippen molar-refractivity contribution in [3.63, 3.8) is 0 Å². The van der Waals surface area contributed by atoms with Crippen molar-refractivity contribution in [2.75, 3.05) is 7.11 Å². The third-order valence-electron chi connectivity index (χ3n) is 3.16. The van der Waals surface area contributed by atoms with Crippen molar-refractivity contribution in [2.45, 2.75) is 45.4 Å². The summed E-state index contributed by atoms with van der Waals surface area (Å²) in [5, 5.41) is 0. The molecule has 14 heavy (non-hydrogen) atoms. The van der Waals surface area contributed by atoms with Crippen LogP contribution < -0.4 is 0 Å². The van der Waals surface area contributed by atoms with Crippen LogP contribution in [0.3, 0.4) is 0 Å². The predicted octanol–water partition coefficient (Wildman–Crippen LogP) is 2.09. The molecule has 0 unspecified atom stereocenters. The molecule has 0 saturated heterocycles. The van der Waals surface area contributed by atoms with Gasteiger partial charge in [0, 0.05) is 5.41 Å². The monoisotopic (exact) mass is 198 g/mol. The van der Waals surface area contributed by atoms with E-state index in [-0.39, 0.29) is 17.6 Å². The molecule has 0 atom stereocenters. The lowest BCUT2D eigenvalue weighted by Gasteiger charge is -2.31. The van der Waals surface area contributed by atoms with Crippen molar-refractivity contribution in [1.82, 2.24) is 0 Å². The molecule has 0 aliphatic heterocycles. The van der Waals surface area contributed by atoms with Gasteiger partial charge in [-0.15, -0.1) is 0 Å². The molecule has 1 saturated carbocycles. The zero-order valence-electron chi connectivity index (χ0n) is 8.97. The molecule has 0 radical (unpaired) electrons. The first-order valence-corrected chi connectivity index (χ1v) is 5.18. The molecule has 0 spiro atoms. The maximum Gasteiger partial charge on any atom is 0.313 e. The van der Waals surface area contributed by atoms with E-state index in [0.29, 0.717) is 0 Å². The van der Waals surface area contributed by atoms with Crippen molar-refractivity contribution >= 4 is 11.8 Å². The Morgan fingerprint density at radius 3 is 2.29 bits per heavy atom. The lowest BCUT2D eigenvalue weighted by molar-refractivity contribution is -0.146. The highest BCUT2D eigenvalue weighted by atomic mass is 16.5. The Kier molecular flexibility index (Phi) is 3.67. The molecular formula is C11H18O3. The summed E-state index contributed by atoms with van der Waals surface area (Å²) in [5.74, 6) is -0.370. The average molecular weight is 198 g/mol. The molecule has 0 aromatic rings. The first-order chi connectivity index (χ1) is 6.58. The molecule has 0 N–H and O–H groups in total. The molecular weight excluding hydrogens is 180 g/mol. The standard InChI is InChI=1S/C11H18O3/c1-11(6-4-3-5-7-11)9(12)8-10(13)14-2/h3-8H2,1-2H3. The van der Waals surface area contributed by atoms with Crippen LogP contribution in [-0.4, -0.2) is 18.9 Å². The van der Waals surface area contributed by atoms with Crippen LogP contribution >= 0.6 is 0 Å². The van der Waals surface area contributed by atoms with Gasteiger partial charge in [0.25, 0.3) is 0 Å². The summed E-state index contributed by atoms with van der Waals surface area (Å²) in [6.45, 7) is 1.97. The number of hydrogen-bond donors (Lipinski definition) is 0. The summed E-state index contributed by atoms with van der Waals surface area (Å²) in [5.41, 5.74) is -0.271. The van der Waals surface area contributed by atoms with Crippen molar-refractivity contribution < 1.29 is 14.3 Å². The van der Waals surface area contributed by atoms with Gasteiger partial charge < -0.3 is 4.74 Å². The molecule has 1 fully saturated rings. The second-order valence-corrected chi connectivity index (χ2v) is 4.30. The van der Waals surface area contributed by atoms with Gasteiger partial charge in [-0.2, -0.15) is 0 Å². The molecule has 1 aliphatic carbocycles. The summed E-state index contributed by atoms with van der Waals surface area (Å²) in [4.78, 5) is 22.8. The summed E-state index contributed by atoms with van der Waals surface area (Å²) >= 11 is 0. The highest BCUT2D eigenvalue weighted by Crippen LogP contribution is 2.37. The Morgan fingerprint density at radius 2 is 1.79 bits per heavy atom. The normalized spacial score (nSPS) is 20.1. The predicted molar refractivity (Wildman–Crippen MR) is 52.8 cm³/mol. The third kappa shape index (κ3) is 2.56. The van der Waals surface area contributed by atoms with Gasteiger partial charge in [0.05, 0.1) is 7.11 Å². The van der Waals surface area contributed by atoms with Crippen LogP contribution in [0.5, 0.6) is 0 Å². The van der Waals surface area contributed by atoms with Crippen LogP contribution in [0.4, 0.5) is 0 Å². The molecule has 0 heterocycles. The minimum atomic E-state index is -0.415. The number of carbonyl (C=O) groups is 2. The number of carbonyl (C=O) groups excluding carboxylic acids is 2. The highest BCUT2D eigenvalue weighted by Gasteiger charge is 2.35. The van der Waals surface area contributed by atoms with Gasteiger partial charge in [-0.3, -0.25) is 9.59 Å². The van der Waals surface area contributed by atoms with Crippen LogP contribution in [0, 0.1) is 5.41 Å². The maximum atomic E-state index is 11.8. The van der Waals surface area contributed by atoms with Gasteiger partial charge in [-0.05, 0) is 12.8 Å². The fraction of sp³-hybridized carbons (Fsp3) is 0.818. The summed E-state index contributed by atoms with van der Waals surface area (Å²) in [7, 11) is 1.32. The number of methoxy groups -OCH3 is 1. The molecule has 80 valence electrons. The summed E-state index contributed by atoms with van der Waals surface area (Å²) in [6.07, 6.45) is 5.19. The van der Waals surface area contributed by atoms with E-state index in [9.17, 15) is 9.59 Å². The third-order valence-corrected chi connectivity index (χ3v) is 3.16. The minimum absolute atomic E-state index is 0.0454. The Balaban J connectivity index is 2.53. The van der Waals surface area contributed by atoms with Crippen LogP contribution in [-0.2, 0) is 14.3 Å². The second-order valence-electron chi connectivity index (χ2n) is 4.30. The first-order valence-electron chi connectivity index (χ1n) is 5.18. The van der Waals surface area contributed by atoms with Gasteiger partial charge in [0.1, 0.15) is 12.2 Å². The van der Waals surface area contributed by atoms with Gasteiger partial charge >= 0.3 is 5.97 Å². The smallest absolute Gasteiger partial charge is 0.313 e. The van der Waals surface area contributed by atoms with Gasteiger partial charge in [0.2, 0.25) is 0 Å². The molecule has 0 bridgehead atoms. The van der Waals surface area contributed by atoms with E-state index >= 15 is 0 Å². The first kappa shape index (κ1) is 11.2. The number of ketones is 1. The number of esters is 1. The Bertz CT molecular complexity index is 227. The lowest BCUT2D eigenvalue weighted by atomic mass is 9.72.